The molecule has 1 aliphatic rings. The molecule has 0 atom stereocenters. The van der Waals surface area contributed by atoms with Crippen LogP contribution in [0.5, 0.6) is 0 Å². The second kappa shape index (κ2) is 5.42. The monoisotopic (exact) mass is 271 g/mol. The van der Waals surface area contributed by atoms with Crippen LogP contribution < -0.4 is 5.43 Å². The van der Waals surface area contributed by atoms with E-state index in [-0.39, 0.29) is 16.4 Å². The van der Waals surface area contributed by atoms with Crippen LogP contribution in [0.4, 0.5) is 5.13 Å². The predicted octanol–water partition coefficient (Wildman–Crippen LogP) is 0.703. The Labute approximate surface area is 107 Å². The molecule has 98 valence electrons. The van der Waals surface area contributed by atoms with E-state index in [0.29, 0.717) is 31.4 Å². The topological polar surface area (TPSA) is 91.8 Å². The van der Waals surface area contributed by atoms with E-state index < -0.39 is 5.97 Å². The third-order valence-electron chi connectivity index (χ3n) is 2.41. The Morgan fingerprint density at radius 2 is 2.11 bits per heavy atom. The number of ether oxygens (including phenoxy) is 1. The molecular formula is C10H13N3O4S. The molecule has 1 fully saturated rings. The fourth-order valence-corrected chi connectivity index (χ4v) is 2.44. The lowest BCUT2D eigenvalue weighted by molar-refractivity contribution is 0.0496. The third-order valence-corrected chi connectivity index (χ3v) is 3.48. The van der Waals surface area contributed by atoms with Gasteiger partial charge < -0.3 is 9.84 Å². The molecule has 1 aliphatic heterocycles. The van der Waals surface area contributed by atoms with Crippen LogP contribution in [0.15, 0.2) is 0 Å². The van der Waals surface area contributed by atoms with Gasteiger partial charge in [-0.1, -0.05) is 11.3 Å². The molecule has 2 N–H and O–H groups in total. The maximum atomic E-state index is 11.3. The standard InChI is InChI=1S/C10H13N3O4S/c1-6(14)8-7(9(15)16)11-10(18-8)12-13-2-4-17-5-3-13/h2-5H2,1H3,(H,11,12)(H,15,16). The fraction of sp³-hybridized carbons (Fsp3) is 0.500. The van der Waals surface area contributed by atoms with Gasteiger partial charge in [-0.15, -0.1) is 0 Å². The van der Waals surface area contributed by atoms with E-state index in [2.05, 4.69) is 10.4 Å². The summed E-state index contributed by atoms with van der Waals surface area (Å²) in [6.07, 6.45) is 0. The van der Waals surface area contributed by atoms with Crippen molar-refractivity contribution in [2.24, 2.45) is 0 Å². The maximum Gasteiger partial charge on any atom is 0.356 e. The largest absolute Gasteiger partial charge is 0.476 e. The van der Waals surface area contributed by atoms with Crippen LogP contribution >= 0.6 is 11.3 Å². The van der Waals surface area contributed by atoms with Gasteiger partial charge in [-0.2, -0.15) is 0 Å². The summed E-state index contributed by atoms with van der Waals surface area (Å²) in [6.45, 7) is 3.95. The molecule has 0 bridgehead atoms. The lowest BCUT2D eigenvalue weighted by Gasteiger charge is -2.26. The number of hydrogen-bond acceptors (Lipinski definition) is 7. The molecule has 0 aromatic carbocycles. The number of aromatic nitrogens is 1. The van der Waals surface area contributed by atoms with E-state index in [1.165, 1.54) is 6.92 Å². The molecule has 2 rings (SSSR count). The smallest absolute Gasteiger partial charge is 0.356 e. The molecule has 1 saturated heterocycles. The van der Waals surface area contributed by atoms with Gasteiger partial charge >= 0.3 is 5.97 Å². The Morgan fingerprint density at radius 3 is 2.61 bits per heavy atom. The van der Waals surface area contributed by atoms with Crippen LogP contribution in [0.25, 0.3) is 0 Å². The predicted molar refractivity (Wildman–Crippen MR) is 65.1 cm³/mol. The summed E-state index contributed by atoms with van der Waals surface area (Å²) >= 11 is 1.05. The minimum atomic E-state index is -1.19. The van der Waals surface area contributed by atoms with E-state index >= 15 is 0 Å². The highest BCUT2D eigenvalue weighted by Gasteiger charge is 2.21. The van der Waals surface area contributed by atoms with Crippen molar-refractivity contribution in [2.45, 2.75) is 6.92 Å². The number of carboxylic acids is 1. The quantitative estimate of drug-likeness (QED) is 0.779. The molecule has 0 radical (unpaired) electrons. The van der Waals surface area contributed by atoms with Crippen molar-refractivity contribution in [3.05, 3.63) is 10.6 Å². The summed E-state index contributed by atoms with van der Waals surface area (Å²) in [5, 5.41) is 11.3. The Balaban J connectivity index is 2.15. The summed E-state index contributed by atoms with van der Waals surface area (Å²) in [5.74, 6) is -1.48. The molecule has 0 unspecified atom stereocenters. The van der Waals surface area contributed by atoms with Crippen molar-refractivity contribution in [3.8, 4) is 0 Å². The molecule has 1 aromatic rings. The van der Waals surface area contributed by atoms with Crippen LogP contribution in [0, 0.1) is 0 Å². The number of carbonyl (C=O) groups is 2. The normalized spacial score (nSPS) is 16.5. The second-order valence-corrected chi connectivity index (χ2v) is 4.77. The third kappa shape index (κ3) is 2.84. The van der Waals surface area contributed by atoms with Crippen LogP contribution in [-0.4, -0.2) is 53.2 Å². The van der Waals surface area contributed by atoms with E-state index in [9.17, 15) is 9.59 Å². The van der Waals surface area contributed by atoms with E-state index in [1.807, 2.05) is 5.01 Å². The number of thiazole rings is 1. The van der Waals surface area contributed by atoms with Gasteiger partial charge in [0.2, 0.25) is 0 Å². The van der Waals surface area contributed by atoms with E-state index in [4.69, 9.17) is 9.84 Å². The zero-order valence-corrected chi connectivity index (χ0v) is 10.6. The molecule has 0 aliphatic carbocycles. The summed E-state index contributed by atoms with van der Waals surface area (Å²) in [7, 11) is 0. The number of carboxylic acid groups (broad SMARTS) is 1. The number of anilines is 1. The van der Waals surface area contributed by atoms with Crippen LogP contribution in [0.3, 0.4) is 0 Å². The first-order chi connectivity index (χ1) is 8.58. The molecule has 8 heteroatoms. The Kier molecular flexibility index (Phi) is 3.90. The highest BCUT2D eigenvalue weighted by molar-refractivity contribution is 7.17. The van der Waals surface area contributed by atoms with Crippen LogP contribution in [-0.2, 0) is 4.74 Å². The first-order valence-corrected chi connectivity index (χ1v) is 6.24. The van der Waals surface area contributed by atoms with Gasteiger partial charge in [0, 0.05) is 20.0 Å². The zero-order chi connectivity index (χ0) is 13.1. The first-order valence-electron chi connectivity index (χ1n) is 5.42. The van der Waals surface area contributed by atoms with Gasteiger partial charge in [-0.05, 0) is 0 Å². The number of carbonyl (C=O) groups excluding carboxylic acids is 1. The molecule has 7 nitrogen and oxygen atoms in total. The average molecular weight is 271 g/mol. The minimum Gasteiger partial charge on any atom is -0.476 e. The zero-order valence-electron chi connectivity index (χ0n) is 9.80. The van der Waals surface area contributed by atoms with E-state index in [0.717, 1.165) is 11.3 Å². The van der Waals surface area contributed by atoms with Crippen molar-refractivity contribution >= 4 is 28.2 Å². The number of hydrogen-bond donors (Lipinski definition) is 2. The van der Waals surface area contributed by atoms with Crippen molar-refractivity contribution in [3.63, 3.8) is 0 Å². The van der Waals surface area contributed by atoms with Crippen molar-refractivity contribution in [2.75, 3.05) is 31.7 Å². The highest BCUT2D eigenvalue weighted by Crippen LogP contribution is 2.24. The summed E-state index contributed by atoms with van der Waals surface area (Å²) in [5.41, 5.74) is 2.81. The number of Topliss-reactive ketones (excluding diaryl/α,β-unsaturated/α-hetero) is 1. The number of hydrazine groups is 1. The number of rotatable bonds is 4. The number of nitrogens with zero attached hydrogens (tertiary/aromatic N) is 2. The van der Waals surface area contributed by atoms with Crippen molar-refractivity contribution in [1.82, 2.24) is 9.99 Å². The van der Waals surface area contributed by atoms with Gasteiger partial charge in [-0.25, -0.2) is 14.8 Å². The summed E-state index contributed by atoms with van der Waals surface area (Å²) in [6, 6.07) is 0. The molecule has 2 heterocycles. The van der Waals surface area contributed by atoms with Crippen molar-refractivity contribution in [1.29, 1.82) is 0 Å². The van der Waals surface area contributed by atoms with Gasteiger partial charge in [-0.3, -0.25) is 10.2 Å². The van der Waals surface area contributed by atoms with Gasteiger partial charge in [0.1, 0.15) is 4.88 Å². The van der Waals surface area contributed by atoms with E-state index in [1.54, 1.807) is 0 Å². The molecule has 0 saturated carbocycles. The van der Waals surface area contributed by atoms with Crippen LogP contribution in [0.2, 0.25) is 0 Å². The van der Waals surface area contributed by atoms with Crippen LogP contribution in [0.1, 0.15) is 27.1 Å². The molecule has 0 amide bonds. The lowest BCUT2D eigenvalue weighted by Crippen LogP contribution is -2.40. The first kappa shape index (κ1) is 12.9. The maximum absolute atomic E-state index is 11.3. The Hall–Kier alpha value is -1.51. The molecule has 18 heavy (non-hydrogen) atoms. The molecule has 0 spiro atoms. The van der Waals surface area contributed by atoms with Gasteiger partial charge in [0.25, 0.3) is 0 Å². The fourth-order valence-electron chi connectivity index (χ4n) is 1.56. The lowest BCUT2D eigenvalue weighted by atomic mass is 10.3. The number of morpholine rings is 1. The minimum absolute atomic E-state index is 0.165. The molecule has 1 aromatic heterocycles. The second-order valence-electron chi connectivity index (χ2n) is 3.77. The summed E-state index contributed by atoms with van der Waals surface area (Å²) in [4.78, 5) is 26.4. The van der Waals surface area contributed by atoms with Gasteiger partial charge in [0.05, 0.1) is 13.2 Å². The summed E-state index contributed by atoms with van der Waals surface area (Å²) < 4.78 is 5.20. The Bertz CT molecular complexity index is 436. The van der Waals surface area contributed by atoms with Gasteiger partial charge in [0.15, 0.2) is 16.6 Å². The number of ketones is 1. The highest BCUT2D eigenvalue weighted by atomic mass is 32.1. The number of nitrogens with one attached hydrogen (secondary N) is 1. The average Bonchev–Trinajstić information content (AvgIpc) is 2.74. The molecular weight excluding hydrogens is 258 g/mol. The number of aromatic carboxylic acids is 1. The van der Waals surface area contributed by atoms with Crippen molar-refractivity contribution < 1.29 is 19.4 Å². The SMILES string of the molecule is CC(=O)c1sc(NN2CCOCC2)nc1C(=O)O. The Morgan fingerprint density at radius 1 is 1.44 bits per heavy atom.